The van der Waals surface area contributed by atoms with Crippen LogP contribution in [0, 0.1) is 5.41 Å². The van der Waals surface area contributed by atoms with E-state index in [4.69, 9.17) is 10.1 Å². The Hall–Kier alpha value is -2.47. The van der Waals surface area contributed by atoms with Crippen LogP contribution in [-0.2, 0) is 9.53 Å². The highest BCUT2D eigenvalue weighted by atomic mass is 16.6. The minimum Gasteiger partial charge on any atom is -0.394 e. The van der Waals surface area contributed by atoms with Crippen molar-refractivity contribution in [1.29, 1.82) is 5.41 Å². The smallest absolute Gasteiger partial charge is 0.394 e. The summed E-state index contributed by atoms with van der Waals surface area (Å²) in [6, 6.07) is -0.688. The van der Waals surface area contributed by atoms with Gasteiger partial charge in [-0.2, -0.15) is 14.4 Å². The van der Waals surface area contributed by atoms with Crippen LogP contribution in [0.15, 0.2) is 17.1 Å². The number of amides is 3. The molecule has 3 amide bonds. The first-order chi connectivity index (χ1) is 11.9. The lowest BCUT2D eigenvalue weighted by Crippen LogP contribution is -2.53. The molecule has 11 heteroatoms. The van der Waals surface area contributed by atoms with Gasteiger partial charge in [0.1, 0.15) is 24.9 Å². The number of carbonyl (C=O) groups is 2. The van der Waals surface area contributed by atoms with Crippen LogP contribution in [0.5, 0.6) is 0 Å². The Morgan fingerprint density at radius 3 is 2.72 bits per heavy atom. The Labute approximate surface area is 142 Å². The van der Waals surface area contributed by atoms with Gasteiger partial charge in [0, 0.05) is 0 Å². The van der Waals surface area contributed by atoms with Crippen LogP contribution in [0.25, 0.3) is 0 Å². The fourth-order valence-electron chi connectivity index (χ4n) is 2.89. The van der Waals surface area contributed by atoms with Crippen molar-refractivity contribution in [1.82, 2.24) is 10.2 Å². The van der Waals surface area contributed by atoms with Crippen LogP contribution in [0.4, 0.5) is 4.79 Å². The molecule has 3 aliphatic heterocycles. The average molecular weight is 352 g/mol. The molecule has 11 nitrogen and oxygen atoms in total. The van der Waals surface area contributed by atoms with Gasteiger partial charge in [-0.05, 0) is 13.0 Å². The molecule has 0 unspecified atom stereocenters. The number of aliphatic hydroxyl groups is 3. The lowest BCUT2D eigenvalue weighted by Gasteiger charge is -2.20. The van der Waals surface area contributed by atoms with Crippen LogP contribution in [-0.4, -0.2) is 91.9 Å². The number of fused-ring (bicyclic) bond motifs is 1. The number of nitrogens with zero attached hydrogens (tertiary/aromatic N) is 3. The average Bonchev–Trinajstić information content (AvgIpc) is 3.00. The summed E-state index contributed by atoms with van der Waals surface area (Å²) < 4.78 is 6.51. The molecule has 3 aliphatic rings. The van der Waals surface area contributed by atoms with E-state index in [1.54, 1.807) is 19.1 Å². The fourth-order valence-corrected chi connectivity index (χ4v) is 2.89. The van der Waals surface area contributed by atoms with Crippen molar-refractivity contribution in [3.63, 3.8) is 0 Å². The molecule has 0 spiro atoms. The maximum absolute atomic E-state index is 12.8. The second-order valence-corrected chi connectivity index (χ2v) is 5.65. The van der Waals surface area contributed by atoms with Crippen LogP contribution >= 0.6 is 0 Å². The largest absolute Gasteiger partial charge is 0.503 e. The molecule has 0 aromatic carbocycles. The highest BCUT2D eigenvalue weighted by Crippen LogP contribution is 2.27. The lowest BCUT2D eigenvalue weighted by atomic mass is 10.1. The summed E-state index contributed by atoms with van der Waals surface area (Å²) in [5, 5.41) is 39.1. The van der Waals surface area contributed by atoms with Gasteiger partial charge in [0.2, 0.25) is 12.2 Å². The van der Waals surface area contributed by atoms with Gasteiger partial charge in [-0.25, -0.2) is 0 Å². The van der Waals surface area contributed by atoms with E-state index >= 15 is 0 Å². The molecule has 0 radical (unpaired) electrons. The molecule has 4 atom stereocenters. The van der Waals surface area contributed by atoms with Crippen molar-refractivity contribution < 1.29 is 34.2 Å². The van der Waals surface area contributed by atoms with E-state index in [9.17, 15) is 24.9 Å². The SMILES string of the molecule is CC=CC[N+]1=C2C(=O)NC(=N)N=C2N([C@@H]2O[C@H](CO)[C@@H](O)[C@H]2O)C1=O. The molecule has 5 N–H and O–H groups in total. The topological polar surface area (TPSA) is 159 Å². The zero-order valence-electron chi connectivity index (χ0n) is 13.3. The molecule has 3 rings (SSSR count). The molecule has 134 valence electrons. The third-order valence-electron chi connectivity index (χ3n) is 4.11. The molecule has 0 bridgehead atoms. The molecular weight excluding hydrogens is 334 g/mol. The number of ether oxygens (including phenoxy) is 1. The van der Waals surface area contributed by atoms with Crippen LogP contribution < -0.4 is 5.32 Å². The molecule has 3 heterocycles. The van der Waals surface area contributed by atoms with E-state index in [0.29, 0.717) is 0 Å². The first-order valence-electron chi connectivity index (χ1n) is 7.61. The Balaban J connectivity index is 2.03. The minimum absolute atomic E-state index is 0.0724. The predicted octanol–water partition coefficient (Wildman–Crippen LogP) is -2.65. The monoisotopic (exact) mass is 352 g/mol. The maximum Gasteiger partial charge on any atom is 0.503 e. The highest BCUT2D eigenvalue weighted by molar-refractivity contribution is 6.70. The fraction of sp³-hybridized carbons (Fsp3) is 0.500. The van der Waals surface area contributed by atoms with Gasteiger partial charge in [0.15, 0.2) is 0 Å². The standard InChI is InChI=1S/C14H17N5O6/c1-2-3-4-18-7-10(16-13(15)17-11(7)23)19(14(18)24)12-9(22)8(21)6(5-20)25-12/h2-3,6,8-9,12,20-22H,4-5H2,1H3,(H-,15,17,23)/p+1/t6-,8-,9-,12-/m1/s1. The summed E-state index contributed by atoms with van der Waals surface area (Å²) in [6.45, 7) is 1.27. The second kappa shape index (κ2) is 6.44. The zero-order chi connectivity index (χ0) is 18.3. The molecule has 0 aliphatic carbocycles. The van der Waals surface area contributed by atoms with Gasteiger partial charge in [-0.15, -0.1) is 4.90 Å². The zero-order valence-corrected chi connectivity index (χ0v) is 13.3. The van der Waals surface area contributed by atoms with Crippen LogP contribution in [0.3, 0.4) is 0 Å². The number of nitrogens with one attached hydrogen (secondary N) is 2. The Bertz CT molecular complexity index is 729. The summed E-state index contributed by atoms with van der Waals surface area (Å²) in [4.78, 5) is 29.8. The molecular formula is C14H18N5O6+. The second-order valence-electron chi connectivity index (χ2n) is 5.65. The number of aliphatic hydroxyl groups excluding tert-OH is 3. The number of urea groups is 1. The summed E-state index contributed by atoms with van der Waals surface area (Å²) in [6.07, 6.45) is -2.00. The molecule has 1 fully saturated rings. The number of hydrogen-bond donors (Lipinski definition) is 5. The molecule has 1 saturated heterocycles. The summed E-state index contributed by atoms with van der Waals surface area (Å²) in [5.41, 5.74) is -0.0724. The Kier molecular flexibility index (Phi) is 4.47. The lowest BCUT2D eigenvalue weighted by molar-refractivity contribution is -0.417. The Morgan fingerprint density at radius 1 is 1.40 bits per heavy atom. The summed E-state index contributed by atoms with van der Waals surface area (Å²) in [5.74, 6) is -1.28. The molecule has 0 aromatic rings. The van der Waals surface area contributed by atoms with E-state index in [2.05, 4.69) is 10.3 Å². The number of allylic oxidation sites excluding steroid dienone is 1. The van der Waals surface area contributed by atoms with Gasteiger partial charge in [0.05, 0.1) is 6.61 Å². The van der Waals surface area contributed by atoms with E-state index in [-0.39, 0.29) is 18.1 Å². The van der Waals surface area contributed by atoms with Crippen molar-refractivity contribution in [2.45, 2.75) is 31.5 Å². The number of amidine groups is 1. The van der Waals surface area contributed by atoms with Crippen LogP contribution in [0.1, 0.15) is 6.92 Å². The van der Waals surface area contributed by atoms with E-state index < -0.39 is 49.0 Å². The van der Waals surface area contributed by atoms with Crippen molar-refractivity contribution in [3.05, 3.63) is 12.2 Å². The first kappa shape index (κ1) is 17.4. The van der Waals surface area contributed by atoms with E-state index in [0.717, 1.165) is 9.48 Å². The summed E-state index contributed by atoms with van der Waals surface area (Å²) >= 11 is 0. The Morgan fingerprint density at radius 2 is 2.12 bits per heavy atom. The van der Waals surface area contributed by atoms with Gasteiger partial charge < -0.3 is 20.1 Å². The van der Waals surface area contributed by atoms with Gasteiger partial charge in [-0.1, -0.05) is 6.08 Å². The highest BCUT2D eigenvalue weighted by Gasteiger charge is 2.59. The van der Waals surface area contributed by atoms with Gasteiger partial charge >= 0.3 is 11.9 Å². The number of rotatable bonds is 4. The van der Waals surface area contributed by atoms with E-state index in [1.807, 2.05) is 0 Å². The third-order valence-corrected chi connectivity index (χ3v) is 4.11. The first-order valence-corrected chi connectivity index (χ1v) is 7.61. The summed E-state index contributed by atoms with van der Waals surface area (Å²) in [7, 11) is 0. The number of hydrogen-bond acceptors (Lipinski definition) is 7. The predicted molar refractivity (Wildman–Crippen MR) is 83.2 cm³/mol. The van der Waals surface area contributed by atoms with Crippen molar-refractivity contribution in [2.24, 2.45) is 4.99 Å². The van der Waals surface area contributed by atoms with Crippen molar-refractivity contribution in [2.75, 3.05) is 13.2 Å². The maximum atomic E-state index is 12.8. The normalized spacial score (nSPS) is 32.6. The molecule has 0 aromatic heterocycles. The van der Waals surface area contributed by atoms with Crippen molar-refractivity contribution >= 4 is 29.4 Å². The van der Waals surface area contributed by atoms with E-state index in [1.165, 1.54) is 0 Å². The van der Waals surface area contributed by atoms with Gasteiger partial charge in [-0.3, -0.25) is 15.5 Å². The third kappa shape index (κ3) is 2.66. The van der Waals surface area contributed by atoms with Gasteiger partial charge in [0.25, 0.3) is 11.5 Å². The van der Waals surface area contributed by atoms with Crippen molar-refractivity contribution in [3.8, 4) is 0 Å². The minimum atomic E-state index is -1.51. The molecule has 25 heavy (non-hydrogen) atoms. The number of carbonyl (C=O) groups excluding carboxylic acids is 2. The molecule has 0 saturated carbocycles. The quantitative estimate of drug-likeness (QED) is 0.275. The van der Waals surface area contributed by atoms with Crippen LogP contribution in [0.2, 0.25) is 0 Å². The number of aliphatic imine (C=N–C) groups is 1. The number of guanidine groups is 1.